The number of amides is 1. The molecule has 0 saturated carbocycles. The lowest BCUT2D eigenvalue weighted by Gasteiger charge is -2.06. The molecule has 3 aromatic rings. The van der Waals surface area contributed by atoms with E-state index in [1.54, 1.807) is 30.5 Å². The number of aromatic nitrogens is 2. The molecule has 25 heavy (non-hydrogen) atoms. The molecule has 2 N–H and O–H groups in total. The van der Waals surface area contributed by atoms with Crippen molar-refractivity contribution in [1.82, 2.24) is 9.97 Å². The molecule has 0 saturated heterocycles. The summed E-state index contributed by atoms with van der Waals surface area (Å²) in [6.45, 7) is 1.88. The lowest BCUT2D eigenvalue weighted by atomic mass is 10.1. The van der Waals surface area contributed by atoms with Gasteiger partial charge in [0.25, 0.3) is 0 Å². The number of nitrogens with one attached hydrogen (secondary N) is 2. The smallest absolute Gasteiger partial charge is 0.229 e. The van der Waals surface area contributed by atoms with E-state index < -0.39 is 0 Å². The molecule has 5 nitrogen and oxygen atoms in total. The van der Waals surface area contributed by atoms with Crippen LogP contribution < -0.4 is 5.32 Å². The number of hydrogen-bond acceptors (Lipinski definition) is 3. The molecule has 3 rings (SSSR count). The molecule has 0 aliphatic rings. The van der Waals surface area contributed by atoms with Gasteiger partial charge in [-0.05, 0) is 42.8 Å². The summed E-state index contributed by atoms with van der Waals surface area (Å²) >= 11 is 11.7. The first-order valence-electron chi connectivity index (χ1n) is 7.64. The van der Waals surface area contributed by atoms with Gasteiger partial charge in [-0.1, -0.05) is 11.6 Å². The van der Waals surface area contributed by atoms with Gasteiger partial charge in [-0.25, -0.2) is 0 Å². The molecule has 0 atom stereocenters. The molecule has 0 unspecified atom stereocenters. The first-order valence-corrected chi connectivity index (χ1v) is 8.55. The predicted molar refractivity (Wildman–Crippen MR) is 99.7 cm³/mol. The summed E-state index contributed by atoms with van der Waals surface area (Å²) < 4.78 is 0. The van der Waals surface area contributed by atoms with E-state index in [1.807, 2.05) is 13.0 Å². The van der Waals surface area contributed by atoms with Gasteiger partial charge in [-0.2, -0.15) is 0 Å². The van der Waals surface area contributed by atoms with Crippen molar-refractivity contribution < 1.29 is 9.59 Å². The number of fused-ring (bicyclic) bond motifs is 1. The molecule has 2 aromatic heterocycles. The number of anilines is 1. The Morgan fingerprint density at radius 1 is 1.24 bits per heavy atom. The summed E-state index contributed by atoms with van der Waals surface area (Å²) in [6.07, 6.45) is 1.73. The Bertz CT molecular complexity index is 966. The first-order chi connectivity index (χ1) is 12.0. The number of nitrogens with zero attached hydrogens (tertiary/aromatic N) is 1. The van der Waals surface area contributed by atoms with E-state index >= 15 is 0 Å². The summed E-state index contributed by atoms with van der Waals surface area (Å²) in [6, 6.07) is 8.67. The summed E-state index contributed by atoms with van der Waals surface area (Å²) in [7, 11) is 0. The fourth-order valence-electron chi connectivity index (χ4n) is 2.55. The molecule has 1 aromatic carbocycles. The fourth-order valence-corrected chi connectivity index (χ4v) is 2.89. The van der Waals surface area contributed by atoms with Crippen molar-refractivity contribution in [2.75, 3.05) is 11.2 Å². The molecule has 0 radical (unpaired) electrons. The van der Waals surface area contributed by atoms with E-state index in [2.05, 4.69) is 15.3 Å². The van der Waals surface area contributed by atoms with Crippen LogP contribution in [-0.2, 0) is 4.79 Å². The van der Waals surface area contributed by atoms with Crippen molar-refractivity contribution in [3.8, 4) is 0 Å². The van der Waals surface area contributed by atoms with Gasteiger partial charge in [0.15, 0.2) is 0 Å². The van der Waals surface area contributed by atoms with Crippen molar-refractivity contribution in [3.63, 3.8) is 0 Å². The van der Waals surface area contributed by atoms with E-state index in [1.165, 1.54) is 0 Å². The maximum Gasteiger partial charge on any atom is 0.229 e. The van der Waals surface area contributed by atoms with Crippen LogP contribution in [0.2, 0.25) is 5.02 Å². The average Bonchev–Trinajstić information content (AvgIpc) is 2.92. The Morgan fingerprint density at radius 2 is 2.04 bits per heavy atom. The Hall–Kier alpha value is -2.37. The number of pyridine rings is 1. The zero-order valence-electron chi connectivity index (χ0n) is 13.4. The second-order valence-corrected chi connectivity index (χ2v) is 6.41. The predicted octanol–water partition coefficient (Wildman–Crippen LogP) is 4.32. The summed E-state index contributed by atoms with van der Waals surface area (Å²) in [5, 5.41) is 4.00. The number of alkyl halides is 1. The third-order valence-corrected chi connectivity index (χ3v) is 4.15. The van der Waals surface area contributed by atoms with E-state index in [0.29, 0.717) is 27.3 Å². The van der Waals surface area contributed by atoms with Gasteiger partial charge in [0, 0.05) is 34.4 Å². The Kier molecular flexibility index (Phi) is 5.06. The molecule has 0 fully saturated rings. The van der Waals surface area contributed by atoms with Gasteiger partial charge in [0.1, 0.15) is 11.4 Å². The Labute approximate surface area is 154 Å². The number of ketones is 1. The Balaban J connectivity index is 2.12. The van der Waals surface area contributed by atoms with Crippen molar-refractivity contribution in [2.24, 2.45) is 0 Å². The molecule has 0 aliphatic heterocycles. The summed E-state index contributed by atoms with van der Waals surface area (Å²) in [5.74, 6) is -0.378. The maximum atomic E-state index is 12.9. The SMILES string of the molecule is Cc1ccnc(C(=O)c2[nH]c3cc(Cl)ccc3c2NC(=O)CCCl)c1. The van der Waals surface area contributed by atoms with Crippen molar-refractivity contribution in [1.29, 1.82) is 0 Å². The summed E-state index contributed by atoms with van der Waals surface area (Å²) in [5.41, 5.74) is 2.55. The minimum atomic E-state index is -0.308. The van der Waals surface area contributed by atoms with E-state index in [-0.39, 0.29) is 29.7 Å². The van der Waals surface area contributed by atoms with Gasteiger partial charge >= 0.3 is 0 Å². The second-order valence-electron chi connectivity index (χ2n) is 5.60. The number of halogens is 2. The number of aryl methyl sites for hydroxylation is 1. The van der Waals surface area contributed by atoms with Crippen LogP contribution in [0.4, 0.5) is 5.69 Å². The van der Waals surface area contributed by atoms with Gasteiger partial charge in [0.2, 0.25) is 11.7 Å². The molecule has 2 heterocycles. The highest BCUT2D eigenvalue weighted by molar-refractivity contribution is 6.31. The largest absolute Gasteiger partial charge is 0.350 e. The van der Waals surface area contributed by atoms with Gasteiger partial charge in [-0.15, -0.1) is 11.6 Å². The zero-order valence-corrected chi connectivity index (χ0v) is 14.9. The highest BCUT2D eigenvalue weighted by atomic mass is 35.5. The van der Waals surface area contributed by atoms with E-state index in [4.69, 9.17) is 23.2 Å². The molecular weight excluding hydrogens is 361 g/mol. The maximum absolute atomic E-state index is 12.9. The number of carbonyl (C=O) groups is 2. The van der Waals surface area contributed by atoms with Crippen LogP contribution >= 0.6 is 23.2 Å². The Morgan fingerprint density at radius 3 is 2.76 bits per heavy atom. The third-order valence-electron chi connectivity index (χ3n) is 3.72. The summed E-state index contributed by atoms with van der Waals surface area (Å²) in [4.78, 5) is 32.1. The highest BCUT2D eigenvalue weighted by Crippen LogP contribution is 2.31. The highest BCUT2D eigenvalue weighted by Gasteiger charge is 2.22. The molecular formula is C18H15Cl2N3O2. The normalized spacial score (nSPS) is 10.8. The number of benzene rings is 1. The fraction of sp³-hybridized carbons (Fsp3) is 0.167. The van der Waals surface area contributed by atoms with Crippen LogP contribution in [-0.4, -0.2) is 27.5 Å². The number of aromatic amines is 1. The third kappa shape index (κ3) is 3.67. The zero-order chi connectivity index (χ0) is 18.0. The van der Waals surface area contributed by atoms with E-state index in [9.17, 15) is 9.59 Å². The quantitative estimate of drug-likeness (QED) is 0.514. The van der Waals surface area contributed by atoms with Crippen LogP contribution in [0.25, 0.3) is 10.9 Å². The number of rotatable bonds is 5. The molecule has 7 heteroatoms. The minimum absolute atomic E-state index is 0.151. The monoisotopic (exact) mass is 375 g/mol. The first kappa shape index (κ1) is 17.5. The molecule has 0 aliphatic carbocycles. The van der Waals surface area contributed by atoms with Gasteiger partial charge in [0.05, 0.1) is 5.69 Å². The number of H-pyrrole nitrogens is 1. The molecule has 128 valence electrons. The van der Waals surface area contributed by atoms with Crippen molar-refractivity contribution in [2.45, 2.75) is 13.3 Å². The van der Waals surface area contributed by atoms with Crippen LogP contribution in [0.5, 0.6) is 0 Å². The van der Waals surface area contributed by atoms with Crippen molar-refractivity contribution in [3.05, 3.63) is 58.5 Å². The lowest BCUT2D eigenvalue weighted by molar-refractivity contribution is -0.115. The van der Waals surface area contributed by atoms with Crippen LogP contribution in [0.15, 0.2) is 36.5 Å². The van der Waals surface area contributed by atoms with Crippen LogP contribution in [0.1, 0.15) is 28.2 Å². The van der Waals surface area contributed by atoms with Crippen LogP contribution in [0, 0.1) is 6.92 Å². The number of hydrogen-bond donors (Lipinski definition) is 2. The van der Waals surface area contributed by atoms with Crippen LogP contribution in [0.3, 0.4) is 0 Å². The second kappa shape index (κ2) is 7.25. The standard InChI is InChI=1S/C18H15Cl2N3O2/c1-10-5-7-21-14(8-10)18(25)17-16(23-15(24)4-6-19)12-3-2-11(20)9-13(12)22-17/h2-3,5,7-9,22H,4,6H2,1H3,(H,23,24). The average molecular weight is 376 g/mol. The molecule has 1 amide bonds. The van der Waals surface area contributed by atoms with Gasteiger partial charge < -0.3 is 10.3 Å². The van der Waals surface area contributed by atoms with E-state index in [0.717, 1.165) is 5.56 Å². The minimum Gasteiger partial charge on any atom is -0.350 e. The van der Waals surface area contributed by atoms with Crippen molar-refractivity contribution >= 4 is 51.5 Å². The molecule has 0 spiro atoms. The van der Waals surface area contributed by atoms with Gasteiger partial charge in [-0.3, -0.25) is 14.6 Å². The molecule has 0 bridgehead atoms. The lowest BCUT2D eigenvalue weighted by Crippen LogP contribution is -2.15. The number of carbonyl (C=O) groups excluding carboxylic acids is 2. The topological polar surface area (TPSA) is 74.8 Å².